The Bertz CT molecular complexity index is 1480. The summed E-state index contributed by atoms with van der Waals surface area (Å²) < 4.78 is 40.9. The molecule has 3 aromatic rings. The number of fused-ring (bicyclic) bond motifs is 1. The summed E-state index contributed by atoms with van der Waals surface area (Å²) in [6, 6.07) is 5.26. The Morgan fingerprint density at radius 3 is 2.44 bits per heavy atom. The smallest absolute Gasteiger partial charge is 0.305 e. The normalized spacial score (nSPS) is 15.2. The number of rotatable bonds is 6. The van der Waals surface area contributed by atoms with Gasteiger partial charge in [-0.1, -0.05) is 36.5 Å². The molecule has 0 spiro atoms. The molecule has 1 fully saturated rings. The van der Waals surface area contributed by atoms with Crippen molar-refractivity contribution < 1.29 is 12.8 Å². The number of H-pyrrole nitrogens is 1. The lowest BCUT2D eigenvalue weighted by molar-refractivity contribution is 0.218. The van der Waals surface area contributed by atoms with Crippen molar-refractivity contribution >= 4 is 43.9 Å². The van der Waals surface area contributed by atoms with E-state index >= 15 is 4.39 Å². The van der Waals surface area contributed by atoms with Crippen LogP contribution in [-0.2, 0) is 22.9 Å². The molecule has 0 bridgehead atoms. The van der Waals surface area contributed by atoms with Crippen molar-refractivity contribution in [3.05, 3.63) is 72.1 Å². The lowest BCUT2D eigenvalue weighted by atomic mass is 10.1. The number of nitrogens with zero attached hydrogens (tertiary/aromatic N) is 2. The van der Waals surface area contributed by atoms with Gasteiger partial charge in [0, 0.05) is 17.1 Å². The fourth-order valence-electron chi connectivity index (χ4n) is 4.29. The van der Waals surface area contributed by atoms with Crippen molar-refractivity contribution in [2.24, 2.45) is 0 Å². The van der Waals surface area contributed by atoms with Gasteiger partial charge in [-0.3, -0.25) is 14.3 Å². The molecule has 34 heavy (non-hydrogen) atoms. The van der Waals surface area contributed by atoms with E-state index in [1.54, 1.807) is 0 Å². The number of sulfone groups is 1. The third-order valence-electron chi connectivity index (χ3n) is 6.16. The lowest BCUT2D eigenvalue weighted by Crippen LogP contribution is -2.36. The summed E-state index contributed by atoms with van der Waals surface area (Å²) in [7, 11) is -3.64. The molecule has 1 aromatic heterocycles. The van der Waals surface area contributed by atoms with Crippen molar-refractivity contribution in [3.8, 4) is 0 Å². The summed E-state index contributed by atoms with van der Waals surface area (Å²) in [6.07, 6.45) is 3.17. The van der Waals surface area contributed by atoms with E-state index in [0.717, 1.165) is 43.0 Å². The Morgan fingerprint density at radius 2 is 1.76 bits per heavy atom. The Morgan fingerprint density at radius 1 is 1.06 bits per heavy atom. The Labute approximate surface area is 206 Å². The molecule has 4 rings (SSSR count). The van der Waals surface area contributed by atoms with Gasteiger partial charge in [-0.25, -0.2) is 17.6 Å². The molecular weight excluding hydrogens is 504 g/mol. The number of piperidine rings is 1. The molecule has 2 heterocycles. The molecule has 7 nitrogen and oxygen atoms in total. The van der Waals surface area contributed by atoms with Gasteiger partial charge in [-0.2, -0.15) is 0 Å². The van der Waals surface area contributed by atoms with Crippen LogP contribution in [0.3, 0.4) is 0 Å². The van der Waals surface area contributed by atoms with Gasteiger partial charge in [0.05, 0.1) is 33.1 Å². The van der Waals surface area contributed by atoms with Crippen LogP contribution in [0.15, 0.2) is 38.8 Å². The summed E-state index contributed by atoms with van der Waals surface area (Å²) >= 11 is 12.5. The van der Waals surface area contributed by atoms with E-state index in [0.29, 0.717) is 0 Å². The number of nitrogens with one attached hydrogen (secondary N) is 1. The zero-order valence-corrected chi connectivity index (χ0v) is 20.9. The summed E-state index contributed by atoms with van der Waals surface area (Å²) in [5.74, 6) is -0.790. The second kappa shape index (κ2) is 9.81. The van der Waals surface area contributed by atoms with Crippen molar-refractivity contribution in [2.45, 2.75) is 44.2 Å². The molecular formula is C23H24Cl2FN3O4S. The molecule has 2 aromatic carbocycles. The average molecular weight is 528 g/mol. The first kappa shape index (κ1) is 24.9. The van der Waals surface area contributed by atoms with E-state index in [2.05, 4.69) is 9.88 Å². The number of halogens is 3. The molecule has 0 aliphatic carbocycles. The van der Waals surface area contributed by atoms with E-state index < -0.39 is 26.9 Å². The topological polar surface area (TPSA) is 92.2 Å². The van der Waals surface area contributed by atoms with E-state index in [-0.39, 0.29) is 55.8 Å². The van der Waals surface area contributed by atoms with E-state index in [1.165, 1.54) is 25.1 Å². The highest BCUT2D eigenvalue weighted by molar-refractivity contribution is 7.91. The predicted molar refractivity (Wildman–Crippen MR) is 131 cm³/mol. The molecule has 0 amide bonds. The minimum Gasteiger partial charge on any atom is -0.305 e. The molecule has 0 saturated carbocycles. The lowest BCUT2D eigenvalue weighted by Gasteiger charge is -2.27. The van der Waals surface area contributed by atoms with Crippen molar-refractivity contribution in [1.29, 1.82) is 0 Å². The number of likely N-dealkylation sites (tertiary alicyclic amines) is 1. The second-order valence-corrected chi connectivity index (χ2v) is 11.4. The maximum atomic E-state index is 15.0. The zero-order valence-electron chi connectivity index (χ0n) is 18.5. The number of hydrogen-bond donors (Lipinski definition) is 1. The van der Waals surface area contributed by atoms with Gasteiger partial charge in [0.25, 0.3) is 5.56 Å². The van der Waals surface area contributed by atoms with Gasteiger partial charge in [-0.05, 0) is 55.8 Å². The summed E-state index contributed by atoms with van der Waals surface area (Å²) in [5, 5.41) is 0.164. The first-order valence-corrected chi connectivity index (χ1v) is 13.4. The molecule has 1 aliphatic rings. The van der Waals surface area contributed by atoms with Gasteiger partial charge >= 0.3 is 5.69 Å². The van der Waals surface area contributed by atoms with E-state index in [9.17, 15) is 18.0 Å². The molecule has 0 atom stereocenters. The predicted octanol–water partition coefficient (Wildman–Crippen LogP) is 3.96. The van der Waals surface area contributed by atoms with Crippen LogP contribution in [0.2, 0.25) is 10.0 Å². The Kier molecular flexibility index (Phi) is 7.19. The fraction of sp³-hybridized carbons (Fsp3) is 0.391. The van der Waals surface area contributed by atoms with Gasteiger partial charge in [-0.15, -0.1) is 0 Å². The van der Waals surface area contributed by atoms with Crippen molar-refractivity contribution in [2.75, 3.05) is 18.8 Å². The Balaban J connectivity index is 1.81. The number of aromatic nitrogens is 2. The van der Waals surface area contributed by atoms with Gasteiger partial charge < -0.3 is 4.98 Å². The van der Waals surface area contributed by atoms with Gasteiger partial charge in [0.15, 0.2) is 9.84 Å². The van der Waals surface area contributed by atoms with Crippen LogP contribution < -0.4 is 11.2 Å². The van der Waals surface area contributed by atoms with Crippen LogP contribution in [-0.4, -0.2) is 41.7 Å². The van der Waals surface area contributed by atoms with Gasteiger partial charge in [0.1, 0.15) is 5.82 Å². The van der Waals surface area contributed by atoms with Crippen molar-refractivity contribution in [3.63, 3.8) is 0 Å². The third-order valence-corrected chi connectivity index (χ3v) is 8.64. The van der Waals surface area contributed by atoms with Gasteiger partial charge in [0.2, 0.25) is 0 Å². The van der Waals surface area contributed by atoms with Crippen LogP contribution >= 0.6 is 23.2 Å². The highest BCUT2D eigenvalue weighted by Crippen LogP contribution is 2.29. The molecule has 11 heteroatoms. The minimum absolute atomic E-state index is 0.000992. The van der Waals surface area contributed by atoms with E-state index in [4.69, 9.17) is 23.2 Å². The van der Waals surface area contributed by atoms with E-state index in [1.807, 2.05) is 0 Å². The fourth-order valence-corrected chi connectivity index (χ4v) is 5.90. The highest BCUT2D eigenvalue weighted by atomic mass is 35.5. The van der Waals surface area contributed by atoms with Crippen LogP contribution in [0.5, 0.6) is 0 Å². The van der Waals surface area contributed by atoms with Crippen LogP contribution in [0.4, 0.5) is 4.39 Å². The number of aromatic amines is 1. The maximum absolute atomic E-state index is 15.0. The summed E-state index contributed by atoms with van der Waals surface area (Å²) in [5.41, 5.74) is -1.07. The minimum atomic E-state index is -3.64. The molecule has 1 aliphatic heterocycles. The first-order valence-electron chi connectivity index (χ1n) is 11.0. The standard InChI is InChI=1S/C23H24Cl2FN3O4S/c1-2-34(32,33)19-7-6-15(24)10-14(19)12-29-22(30)16-11-18(26)17(13-28-8-4-3-5-9-28)20(25)21(16)27-23(29)31/h6-7,10-11H,2-5,8-9,12-13H2,1H3,(H,27,31). The number of benzene rings is 2. The second-order valence-electron chi connectivity index (χ2n) is 8.39. The zero-order chi connectivity index (χ0) is 24.6. The highest BCUT2D eigenvalue weighted by Gasteiger charge is 2.22. The number of hydrogen-bond acceptors (Lipinski definition) is 5. The van der Waals surface area contributed by atoms with Crippen LogP contribution in [0.25, 0.3) is 10.9 Å². The Hall–Kier alpha value is -2.20. The molecule has 0 radical (unpaired) electrons. The van der Waals surface area contributed by atoms with Crippen LogP contribution in [0, 0.1) is 5.82 Å². The largest absolute Gasteiger partial charge is 0.329 e. The summed E-state index contributed by atoms with van der Waals surface area (Å²) in [6.45, 7) is 3.08. The van der Waals surface area contributed by atoms with Crippen LogP contribution in [0.1, 0.15) is 37.3 Å². The third kappa shape index (κ3) is 4.79. The quantitative estimate of drug-likeness (QED) is 0.523. The molecule has 1 saturated heterocycles. The average Bonchev–Trinajstić information content (AvgIpc) is 2.81. The molecule has 0 unspecified atom stereocenters. The SMILES string of the molecule is CCS(=O)(=O)c1ccc(Cl)cc1Cn1c(=O)[nH]c2c(Cl)c(CN3CCCCC3)c(F)cc2c1=O. The molecule has 1 N–H and O–H groups in total. The monoisotopic (exact) mass is 527 g/mol. The summed E-state index contributed by atoms with van der Waals surface area (Å²) in [4.78, 5) is 30.7. The first-order chi connectivity index (χ1) is 16.1. The van der Waals surface area contributed by atoms with Crippen molar-refractivity contribution in [1.82, 2.24) is 14.5 Å². The molecule has 182 valence electrons. The maximum Gasteiger partial charge on any atom is 0.329 e.